The molecular weight excluding hydrogens is 248 g/mol. The van der Waals surface area contributed by atoms with E-state index < -0.39 is 0 Å². The maximum absolute atomic E-state index is 5.43. The van der Waals surface area contributed by atoms with E-state index in [0.29, 0.717) is 0 Å². The van der Waals surface area contributed by atoms with Gasteiger partial charge in [0.2, 0.25) is 0 Å². The van der Waals surface area contributed by atoms with Gasteiger partial charge in [-0.2, -0.15) is 0 Å². The van der Waals surface area contributed by atoms with Crippen LogP contribution in [0.25, 0.3) is 0 Å². The number of ether oxygens (including phenoxy) is 1. The number of methoxy groups -OCH3 is 1. The highest BCUT2D eigenvalue weighted by atomic mass is 16.5. The van der Waals surface area contributed by atoms with Gasteiger partial charge in [0, 0.05) is 5.54 Å². The Morgan fingerprint density at radius 2 is 2.20 bits per heavy atom. The summed E-state index contributed by atoms with van der Waals surface area (Å²) in [5, 5.41) is 7.02. The van der Waals surface area contributed by atoms with E-state index in [0.717, 1.165) is 24.1 Å². The van der Waals surface area contributed by atoms with Gasteiger partial charge in [0.25, 0.3) is 0 Å². The van der Waals surface area contributed by atoms with Gasteiger partial charge in [0.1, 0.15) is 5.75 Å². The van der Waals surface area contributed by atoms with Crippen molar-refractivity contribution in [1.29, 1.82) is 0 Å². The van der Waals surface area contributed by atoms with Gasteiger partial charge in [0.05, 0.1) is 7.11 Å². The zero-order valence-electron chi connectivity index (χ0n) is 12.8. The summed E-state index contributed by atoms with van der Waals surface area (Å²) in [5.41, 5.74) is 3.16. The molecule has 0 spiro atoms. The monoisotopic (exact) mass is 274 g/mol. The van der Waals surface area contributed by atoms with Crippen molar-refractivity contribution in [3.8, 4) is 5.75 Å². The van der Waals surface area contributed by atoms with Crippen LogP contribution in [-0.2, 0) is 12.0 Å². The molecule has 0 bridgehead atoms. The lowest BCUT2D eigenvalue weighted by Gasteiger charge is -2.43. The van der Waals surface area contributed by atoms with Crippen molar-refractivity contribution in [3.63, 3.8) is 0 Å². The molecule has 0 amide bonds. The number of hydrogen-bond donors (Lipinski definition) is 2. The average Bonchev–Trinajstić information content (AvgIpc) is 2.80. The molecular formula is C17H26N2O. The lowest BCUT2D eigenvalue weighted by atomic mass is 9.69. The molecule has 3 heteroatoms. The summed E-state index contributed by atoms with van der Waals surface area (Å²) < 4.78 is 5.43. The van der Waals surface area contributed by atoms with E-state index in [1.807, 2.05) is 0 Å². The van der Waals surface area contributed by atoms with Crippen LogP contribution in [0.1, 0.15) is 30.4 Å². The summed E-state index contributed by atoms with van der Waals surface area (Å²) in [6, 6.07) is 6.62. The molecule has 0 saturated heterocycles. The second-order valence-electron chi connectivity index (χ2n) is 6.34. The van der Waals surface area contributed by atoms with Gasteiger partial charge in [-0.1, -0.05) is 6.07 Å². The van der Waals surface area contributed by atoms with Crippen molar-refractivity contribution in [2.45, 2.75) is 31.2 Å². The molecule has 2 aliphatic rings. The Morgan fingerprint density at radius 3 is 2.90 bits per heavy atom. The third-order valence-corrected chi connectivity index (χ3v) is 5.46. The van der Waals surface area contributed by atoms with E-state index in [4.69, 9.17) is 4.74 Å². The largest absolute Gasteiger partial charge is 0.497 e. The van der Waals surface area contributed by atoms with E-state index in [1.165, 1.54) is 36.8 Å². The van der Waals surface area contributed by atoms with Crippen molar-refractivity contribution in [1.82, 2.24) is 10.6 Å². The Balaban J connectivity index is 1.93. The highest BCUT2D eigenvalue weighted by Gasteiger charge is 2.48. The summed E-state index contributed by atoms with van der Waals surface area (Å²) in [4.78, 5) is 0. The second kappa shape index (κ2) is 5.38. The van der Waals surface area contributed by atoms with Crippen LogP contribution in [-0.4, -0.2) is 27.7 Å². The summed E-state index contributed by atoms with van der Waals surface area (Å²) in [6.07, 6.45) is 5.06. The number of fused-ring (bicyclic) bond motifs is 3. The molecule has 0 aliphatic heterocycles. The zero-order chi connectivity index (χ0) is 14.2. The SMILES string of the molecule is CNCC1CCC2(NC)c3cc(OC)ccc3CC2C1. The summed E-state index contributed by atoms with van der Waals surface area (Å²) in [5.74, 6) is 2.53. The molecule has 3 atom stereocenters. The Morgan fingerprint density at radius 1 is 1.35 bits per heavy atom. The van der Waals surface area contributed by atoms with Crippen molar-refractivity contribution in [3.05, 3.63) is 29.3 Å². The van der Waals surface area contributed by atoms with Gasteiger partial charge in [0.15, 0.2) is 0 Å². The Hall–Kier alpha value is -1.06. The van der Waals surface area contributed by atoms with E-state index in [1.54, 1.807) is 7.11 Å². The number of hydrogen-bond acceptors (Lipinski definition) is 3. The van der Waals surface area contributed by atoms with Gasteiger partial charge in [-0.25, -0.2) is 0 Å². The third kappa shape index (κ3) is 2.04. The fraction of sp³-hybridized carbons (Fsp3) is 0.647. The first-order valence-corrected chi connectivity index (χ1v) is 7.74. The van der Waals surface area contributed by atoms with E-state index in [9.17, 15) is 0 Å². The Kier molecular flexibility index (Phi) is 3.74. The third-order valence-electron chi connectivity index (χ3n) is 5.46. The Labute approximate surface area is 122 Å². The zero-order valence-corrected chi connectivity index (χ0v) is 12.8. The van der Waals surface area contributed by atoms with Crippen molar-refractivity contribution in [2.24, 2.45) is 11.8 Å². The van der Waals surface area contributed by atoms with Crippen molar-refractivity contribution < 1.29 is 4.74 Å². The molecule has 0 heterocycles. The fourth-order valence-corrected chi connectivity index (χ4v) is 4.45. The number of benzene rings is 1. The summed E-state index contributed by atoms with van der Waals surface area (Å²) >= 11 is 0. The van der Waals surface area contributed by atoms with Crippen LogP contribution in [0.15, 0.2) is 18.2 Å². The van der Waals surface area contributed by atoms with Gasteiger partial charge in [-0.3, -0.25) is 0 Å². The molecule has 20 heavy (non-hydrogen) atoms. The van der Waals surface area contributed by atoms with Crippen LogP contribution in [0.4, 0.5) is 0 Å². The average molecular weight is 274 g/mol. The smallest absolute Gasteiger partial charge is 0.119 e. The first-order valence-electron chi connectivity index (χ1n) is 7.74. The molecule has 1 fully saturated rings. The van der Waals surface area contributed by atoms with E-state index >= 15 is 0 Å². The predicted octanol–water partition coefficient (Wildman–Crippen LogP) is 2.30. The Bertz CT molecular complexity index is 488. The molecule has 0 aromatic heterocycles. The first kappa shape index (κ1) is 13.9. The van der Waals surface area contributed by atoms with Crippen LogP contribution >= 0.6 is 0 Å². The van der Waals surface area contributed by atoms with E-state index in [-0.39, 0.29) is 5.54 Å². The van der Waals surface area contributed by atoms with Crippen LogP contribution in [0.3, 0.4) is 0 Å². The predicted molar refractivity (Wildman–Crippen MR) is 82.2 cm³/mol. The molecule has 110 valence electrons. The highest BCUT2D eigenvalue weighted by molar-refractivity contribution is 5.45. The molecule has 2 N–H and O–H groups in total. The number of rotatable bonds is 4. The standard InChI is InChI=1S/C17H26N2O/c1-18-11-12-6-7-17(19-2)14(8-12)9-13-4-5-15(20-3)10-16(13)17/h4-5,10,12,14,18-19H,6-9,11H2,1-3H3. The van der Waals surface area contributed by atoms with Gasteiger partial charge in [-0.05, 0) is 81.4 Å². The second-order valence-corrected chi connectivity index (χ2v) is 6.34. The van der Waals surface area contributed by atoms with Gasteiger partial charge >= 0.3 is 0 Å². The van der Waals surface area contributed by atoms with Crippen LogP contribution < -0.4 is 15.4 Å². The maximum atomic E-state index is 5.43. The normalized spacial score (nSPS) is 31.8. The quantitative estimate of drug-likeness (QED) is 0.884. The minimum atomic E-state index is 0.175. The minimum Gasteiger partial charge on any atom is -0.497 e. The lowest BCUT2D eigenvalue weighted by Crippen LogP contribution is -2.48. The lowest BCUT2D eigenvalue weighted by molar-refractivity contribution is 0.128. The van der Waals surface area contributed by atoms with Gasteiger partial charge in [-0.15, -0.1) is 0 Å². The summed E-state index contributed by atoms with van der Waals surface area (Å²) in [7, 11) is 5.94. The molecule has 0 radical (unpaired) electrons. The maximum Gasteiger partial charge on any atom is 0.119 e. The van der Waals surface area contributed by atoms with E-state index in [2.05, 4.69) is 42.9 Å². The highest BCUT2D eigenvalue weighted by Crippen LogP contribution is 2.51. The molecule has 1 saturated carbocycles. The van der Waals surface area contributed by atoms with Crippen molar-refractivity contribution in [2.75, 3.05) is 27.7 Å². The van der Waals surface area contributed by atoms with Crippen LogP contribution in [0.2, 0.25) is 0 Å². The fourth-order valence-electron chi connectivity index (χ4n) is 4.45. The van der Waals surface area contributed by atoms with Crippen LogP contribution in [0, 0.1) is 11.8 Å². The minimum absolute atomic E-state index is 0.175. The van der Waals surface area contributed by atoms with Crippen LogP contribution in [0.5, 0.6) is 5.75 Å². The molecule has 3 rings (SSSR count). The molecule has 3 unspecified atom stereocenters. The molecule has 1 aromatic rings. The molecule has 1 aromatic carbocycles. The van der Waals surface area contributed by atoms with Crippen molar-refractivity contribution >= 4 is 0 Å². The topological polar surface area (TPSA) is 33.3 Å². The number of nitrogens with one attached hydrogen (secondary N) is 2. The molecule has 2 aliphatic carbocycles. The first-order chi connectivity index (χ1) is 9.73. The molecule has 3 nitrogen and oxygen atoms in total. The summed E-state index contributed by atoms with van der Waals surface area (Å²) in [6.45, 7) is 1.15. The van der Waals surface area contributed by atoms with Gasteiger partial charge < -0.3 is 15.4 Å².